The summed E-state index contributed by atoms with van der Waals surface area (Å²) in [5, 5.41) is -0.362. The smallest absolute Gasteiger partial charge is 0.492 e. The largest absolute Gasteiger partial charge is 0.573 e. The van der Waals surface area contributed by atoms with Crippen molar-refractivity contribution in [3.05, 3.63) is 60.2 Å². The molecule has 0 N–H and O–H groups in total. The number of ether oxygens (including phenoxy) is 2. The molecule has 2 aromatic rings. The van der Waals surface area contributed by atoms with E-state index in [4.69, 9.17) is 4.74 Å². The zero-order valence-electron chi connectivity index (χ0n) is 13.6. The lowest BCUT2D eigenvalue weighted by atomic mass is 10.2. The zero-order valence-corrected chi connectivity index (χ0v) is 14.4. The molecule has 0 aromatic heterocycles. The first-order valence-electron chi connectivity index (χ1n) is 7.87. The Labute approximate surface area is 152 Å². The Balaban J connectivity index is 1.66. The summed E-state index contributed by atoms with van der Waals surface area (Å²) in [6, 6.07) is 14.9. The van der Waals surface area contributed by atoms with Crippen LogP contribution in [0.3, 0.4) is 0 Å². The van der Waals surface area contributed by atoms with Gasteiger partial charge in [0.1, 0.15) is 23.5 Å². The summed E-state index contributed by atoms with van der Waals surface area (Å²) < 4.78 is 46.8. The summed E-state index contributed by atoms with van der Waals surface area (Å²) in [5.41, 5.74) is 0.585. The Bertz CT molecular complexity index is 755. The van der Waals surface area contributed by atoms with Gasteiger partial charge in [0.05, 0.1) is 12.3 Å². The molecule has 1 heterocycles. The van der Waals surface area contributed by atoms with Gasteiger partial charge in [0.2, 0.25) is 5.91 Å². The predicted octanol–water partition coefficient (Wildman–Crippen LogP) is 4.24. The molecule has 1 fully saturated rings. The van der Waals surface area contributed by atoms with Crippen LogP contribution in [-0.2, 0) is 4.79 Å². The van der Waals surface area contributed by atoms with Crippen molar-refractivity contribution >= 4 is 17.7 Å². The maximum Gasteiger partial charge on any atom is 0.573 e. The molecule has 8 heteroatoms. The number of hydrogen-bond donors (Lipinski definition) is 0. The van der Waals surface area contributed by atoms with Crippen LogP contribution >= 0.6 is 11.8 Å². The van der Waals surface area contributed by atoms with Crippen LogP contribution in [0.15, 0.2) is 54.6 Å². The number of benzene rings is 2. The summed E-state index contributed by atoms with van der Waals surface area (Å²) in [4.78, 5) is 13.8. The third-order valence-corrected chi connectivity index (χ3v) is 4.95. The minimum atomic E-state index is -4.75. The van der Waals surface area contributed by atoms with E-state index in [1.807, 2.05) is 30.3 Å². The second kappa shape index (κ2) is 7.90. The first-order chi connectivity index (χ1) is 12.4. The van der Waals surface area contributed by atoms with Crippen LogP contribution in [0.2, 0.25) is 0 Å². The predicted molar refractivity (Wildman–Crippen MR) is 92.0 cm³/mol. The minimum absolute atomic E-state index is 0.0706. The second-order valence-corrected chi connectivity index (χ2v) is 6.60. The van der Waals surface area contributed by atoms with Crippen LogP contribution in [-0.4, -0.2) is 36.1 Å². The van der Waals surface area contributed by atoms with Gasteiger partial charge in [-0.2, -0.15) is 0 Å². The fourth-order valence-corrected chi connectivity index (χ4v) is 3.82. The number of para-hydroxylation sites is 1. The lowest BCUT2D eigenvalue weighted by molar-refractivity contribution is -0.274. The number of amides is 1. The maximum atomic E-state index is 12.4. The van der Waals surface area contributed by atoms with Crippen molar-refractivity contribution in [1.82, 2.24) is 4.90 Å². The number of thioether (sulfide) groups is 1. The fourth-order valence-electron chi connectivity index (χ4n) is 2.62. The molecule has 1 aliphatic rings. The summed E-state index contributed by atoms with van der Waals surface area (Å²) in [5.74, 6) is 0.610. The lowest BCUT2D eigenvalue weighted by Crippen LogP contribution is -2.32. The van der Waals surface area contributed by atoms with Gasteiger partial charge < -0.3 is 14.4 Å². The maximum absolute atomic E-state index is 12.4. The molecule has 3 rings (SSSR count). The third kappa shape index (κ3) is 4.85. The first kappa shape index (κ1) is 18.4. The van der Waals surface area contributed by atoms with Gasteiger partial charge in [-0.15, -0.1) is 24.9 Å². The molecule has 0 aliphatic carbocycles. The van der Waals surface area contributed by atoms with Gasteiger partial charge in [0.25, 0.3) is 0 Å². The minimum Gasteiger partial charge on any atom is -0.492 e. The van der Waals surface area contributed by atoms with Gasteiger partial charge in [-0.3, -0.25) is 4.79 Å². The highest BCUT2D eigenvalue weighted by Crippen LogP contribution is 2.39. The number of carbonyl (C=O) groups excluding carboxylic acids is 1. The zero-order chi connectivity index (χ0) is 18.6. The Morgan fingerprint density at radius 1 is 1.08 bits per heavy atom. The van der Waals surface area contributed by atoms with Crippen LogP contribution in [0.25, 0.3) is 0 Å². The van der Waals surface area contributed by atoms with Gasteiger partial charge >= 0.3 is 6.36 Å². The highest BCUT2D eigenvalue weighted by molar-refractivity contribution is 8.00. The van der Waals surface area contributed by atoms with Crippen molar-refractivity contribution in [2.24, 2.45) is 0 Å². The molecule has 0 spiro atoms. The second-order valence-electron chi connectivity index (χ2n) is 5.53. The highest BCUT2D eigenvalue weighted by Gasteiger charge is 2.34. The molecule has 0 bridgehead atoms. The van der Waals surface area contributed by atoms with E-state index in [0.29, 0.717) is 24.5 Å². The SMILES string of the molecule is O=C1CSC(c2cccc(OC(F)(F)F)c2)N1CCOc1ccccc1. The van der Waals surface area contributed by atoms with Crippen molar-refractivity contribution in [2.75, 3.05) is 18.9 Å². The van der Waals surface area contributed by atoms with Gasteiger partial charge in [-0.1, -0.05) is 30.3 Å². The molecule has 1 saturated heterocycles. The van der Waals surface area contributed by atoms with E-state index in [1.165, 1.54) is 30.0 Å². The van der Waals surface area contributed by atoms with Crippen molar-refractivity contribution < 1.29 is 27.4 Å². The molecule has 0 saturated carbocycles. The number of alkyl halides is 3. The Kier molecular flexibility index (Phi) is 5.61. The molecule has 2 aromatic carbocycles. The van der Waals surface area contributed by atoms with Crippen molar-refractivity contribution in [3.8, 4) is 11.5 Å². The first-order valence-corrected chi connectivity index (χ1v) is 8.92. The van der Waals surface area contributed by atoms with Crippen molar-refractivity contribution in [1.29, 1.82) is 0 Å². The number of hydrogen-bond acceptors (Lipinski definition) is 4. The molecule has 1 unspecified atom stereocenters. The summed E-state index contributed by atoms with van der Waals surface area (Å²) >= 11 is 1.37. The molecule has 4 nitrogen and oxygen atoms in total. The van der Waals surface area contributed by atoms with E-state index in [9.17, 15) is 18.0 Å². The summed E-state index contributed by atoms with van der Waals surface area (Å²) in [7, 11) is 0. The molecule has 1 amide bonds. The standard InChI is InChI=1S/C18H16F3NO3S/c19-18(20,21)25-15-8-4-5-13(11-15)17-22(16(23)12-26-17)9-10-24-14-6-2-1-3-7-14/h1-8,11,17H,9-10,12H2. The fraction of sp³-hybridized carbons (Fsp3) is 0.278. The average Bonchev–Trinajstić information content (AvgIpc) is 2.96. The molecule has 26 heavy (non-hydrogen) atoms. The number of halogens is 3. The Hall–Kier alpha value is -2.35. The molecular weight excluding hydrogens is 367 g/mol. The molecule has 1 aliphatic heterocycles. The summed E-state index contributed by atoms with van der Waals surface area (Å²) in [6.45, 7) is 0.640. The van der Waals surface area contributed by atoms with Crippen molar-refractivity contribution in [2.45, 2.75) is 11.7 Å². The topological polar surface area (TPSA) is 38.8 Å². The van der Waals surface area contributed by atoms with Crippen LogP contribution < -0.4 is 9.47 Å². The molecule has 0 radical (unpaired) electrons. The van der Waals surface area contributed by atoms with E-state index >= 15 is 0 Å². The summed E-state index contributed by atoms with van der Waals surface area (Å²) in [6.07, 6.45) is -4.75. The van der Waals surface area contributed by atoms with E-state index in [2.05, 4.69) is 4.74 Å². The molecular formula is C18H16F3NO3S. The van der Waals surface area contributed by atoms with Gasteiger partial charge in [-0.05, 0) is 29.8 Å². The van der Waals surface area contributed by atoms with E-state index < -0.39 is 6.36 Å². The quantitative estimate of drug-likeness (QED) is 0.748. The normalized spacial score (nSPS) is 17.4. The number of rotatable bonds is 6. The lowest BCUT2D eigenvalue weighted by Gasteiger charge is -2.24. The van der Waals surface area contributed by atoms with E-state index in [0.717, 1.165) is 0 Å². The van der Waals surface area contributed by atoms with Crippen molar-refractivity contribution in [3.63, 3.8) is 0 Å². The number of nitrogens with zero attached hydrogens (tertiary/aromatic N) is 1. The Morgan fingerprint density at radius 2 is 1.81 bits per heavy atom. The van der Waals surface area contributed by atoms with E-state index in [1.54, 1.807) is 11.0 Å². The van der Waals surface area contributed by atoms with E-state index in [-0.39, 0.29) is 22.8 Å². The Morgan fingerprint density at radius 3 is 2.54 bits per heavy atom. The highest BCUT2D eigenvalue weighted by atomic mass is 32.2. The molecule has 138 valence electrons. The average molecular weight is 383 g/mol. The van der Waals surface area contributed by atoms with Crippen LogP contribution in [0, 0.1) is 0 Å². The van der Waals surface area contributed by atoms with Gasteiger partial charge in [-0.25, -0.2) is 0 Å². The molecule has 1 atom stereocenters. The number of carbonyl (C=O) groups is 1. The monoisotopic (exact) mass is 383 g/mol. The van der Waals surface area contributed by atoms with Crippen LogP contribution in [0.5, 0.6) is 11.5 Å². The van der Waals surface area contributed by atoms with Crippen LogP contribution in [0.1, 0.15) is 10.9 Å². The van der Waals surface area contributed by atoms with Gasteiger partial charge in [0.15, 0.2) is 0 Å². The third-order valence-electron chi connectivity index (χ3n) is 3.69. The van der Waals surface area contributed by atoms with Crippen LogP contribution in [0.4, 0.5) is 13.2 Å². The van der Waals surface area contributed by atoms with Gasteiger partial charge in [0, 0.05) is 0 Å².